The number of Topliss-reactive ketones (excluding diaryl/α,β-unsaturated/α-hetero) is 1. The number of nitrogens with zero attached hydrogens (tertiary/aromatic N) is 1. The number of hydrogen-bond acceptors (Lipinski definition) is 3. The highest BCUT2D eigenvalue weighted by Crippen LogP contribution is 2.16. The Morgan fingerprint density at radius 1 is 1.56 bits per heavy atom. The van der Waals surface area contributed by atoms with Gasteiger partial charge in [-0.3, -0.25) is 14.5 Å². The Morgan fingerprint density at radius 3 is 2.94 bits per heavy atom. The van der Waals surface area contributed by atoms with E-state index in [4.69, 9.17) is 0 Å². The average molecular weight is 220 g/mol. The zero-order chi connectivity index (χ0) is 11.7. The Kier molecular flexibility index (Phi) is 2.92. The van der Waals surface area contributed by atoms with E-state index in [1.165, 1.54) is 6.92 Å². The van der Waals surface area contributed by atoms with Crippen molar-refractivity contribution in [2.45, 2.75) is 26.8 Å². The van der Waals surface area contributed by atoms with Crippen LogP contribution in [0.1, 0.15) is 35.5 Å². The summed E-state index contributed by atoms with van der Waals surface area (Å²) in [5.41, 5.74) is 2.09. The summed E-state index contributed by atoms with van der Waals surface area (Å²) in [4.78, 5) is 28.0. The molecule has 0 unspecified atom stereocenters. The maximum atomic E-state index is 11.6. The molecule has 1 aliphatic rings. The first kappa shape index (κ1) is 11.1. The van der Waals surface area contributed by atoms with E-state index < -0.39 is 0 Å². The molecule has 0 saturated heterocycles. The highest BCUT2D eigenvalue weighted by Gasteiger charge is 2.18. The molecule has 2 heterocycles. The molecule has 2 rings (SSSR count). The maximum Gasteiger partial charge on any atom is 0.259 e. The van der Waals surface area contributed by atoms with E-state index >= 15 is 0 Å². The molecule has 0 amide bonds. The van der Waals surface area contributed by atoms with Crippen LogP contribution in [0.15, 0.2) is 10.9 Å². The van der Waals surface area contributed by atoms with Crippen molar-refractivity contribution in [3.8, 4) is 0 Å². The molecule has 0 aromatic carbocycles. The Balaban J connectivity index is 2.44. The Bertz CT molecular complexity index is 476. The van der Waals surface area contributed by atoms with Crippen LogP contribution in [-0.2, 0) is 13.0 Å². The zero-order valence-corrected chi connectivity index (χ0v) is 9.67. The molecule has 1 aromatic heterocycles. The van der Waals surface area contributed by atoms with Crippen LogP contribution in [0, 0.1) is 0 Å². The van der Waals surface area contributed by atoms with E-state index in [2.05, 4.69) is 16.8 Å². The lowest BCUT2D eigenvalue weighted by molar-refractivity contribution is 0.101. The van der Waals surface area contributed by atoms with Gasteiger partial charge in [0.1, 0.15) is 0 Å². The van der Waals surface area contributed by atoms with E-state index in [-0.39, 0.29) is 16.9 Å². The smallest absolute Gasteiger partial charge is 0.259 e. The van der Waals surface area contributed by atoms with Gasteiger partial charge in [0.05, 0.1) is 5.56 Å². The van der Waals surface area contributed by atoms with E-state index in [1.807, 2.05) is 0 Å². The fourth-order valence-corrected chi connectivity index (χ4v) is 2.10. The third-order valence-electron chi connectivity index (χ3n) is 3.11. The lowest BCUT2D eigenvalue weighted by atomic mass is 10.0. The maximum absolute atomic E-state index is 11.6. The van der Waals surface area contributed by atoms with Crippen LogP contribution in [0.5, 0.6) is 0 Å². The molecule has 1 N–H and O–H groups in total. The first-order valence-electron chi connectivity index (χ1n) is 5.60. The van der Waals surface area contributed by atoms with Gasteiger partial charge in [0.15, 0.2) is 5.78 Å². The van der Waals surface area contributed by atoms with Crippen LogP contribution in [0.2, 0.25) is 0 Å². The minimum atomic E-state index is -0.254. The van der Waals surface area contributed by atoms with Gasteiger partial charge in [0, 0.05) is 25.2 Å². The second kappa shape index (κ2) is 4.22. The largest absolute Gasteiger partial charge is 0.325 e. The predicted octanol–water partition coefficient (Wildman–Crippen LogP) is 0.956. The van der Waals surface area contributed by atoms with Gasteiger partial charge in [-0.2, -0.15) is 0 Å². The quantitative estimate of drug-likeness (QED) is 0.755. The van der Waals surface area contributed by atoms with Crippen LogP contribution in [0.3, 0.4) is 0 Å². The second-order valence-electron chi connectivity index (χ2n) is 4.19. The summed E-state index contributed by atoms with van der Waals surface area (Å²) in [5.74, 6) is -0.169. The number of rotatable bonds is 2. The van der Waals surface area contributed by atoms with Gasteiger partial charge in [-0.1, -0.05) is 6.92 Å². The monoisotopic (exact) mass is 220 g/mol. The molecule has 0 spiro atoms. The summed E-state index contributed by atoms with van der Waals surface area (Å²) in [5, 5.41) is 0. The third kappa shape index (κ3) is 1.93. The van der Waals surface area contributed by atoms with Crippen LogP contribution in [0.25, 0.3) is 0 Å². The fraction of sp³-hybridized carbons (Fsp3) is 0.500. The Morgan fingerprint density at radius 2 is 2.31 bits per heavy atom. The van der Waals surface area contributed by atoms with Crippen LogP contribution < -0.4 is 5.56 Å². The Hall–Kier alpha value is -1.42. The van der Waals surface area contributed by atoms with Crippen molar-refractivity contribution in [2.75, 3.05) is 13.1 Å². The van der Waals surface area contributed by atoms with Gasteiger partial charge < -0.3 is 4.98 Å². The summed E-state index contributed by atoms with van der Waals surface area (Å²) < 4.78 is 0. The minimum absolute atomic E-state index is 0.169. The third-order valence-corrected chi connectivity index (χ3v) is 3.11. The highest BCUT2D eigenvalue weighted by atomic mass is 16.1. The number of pyridine rings is 1. The van der Waals surface area contributed by atoms with Crippen LogP contribution in [0.4, 0.5) is 0 Å². The predicted molar refractivity (Wildman–Crippen MR) is 61.7 cm³/mol. The van der Waals surface area contributed by atoms with E-state index in [1.54, 1.807) is 6.07 Å². The number of ketones is 1. The van der Waals surface area contributed by atoms with Gasteiger partial charge >= 0.3 is 0 Å². The lowest BCUT2D eigenvalue weighted by Gasteiger charge is -2.27. The number of carbonyl (C=O) groups excluding carboxylic acids is 1. The SMILES string of the molecule is CCN1CCc2[nH]c(=O)c(C(C)=O)cc2C1. The molecule has 1 aromatic rings. The summed E-state index contributed by atoms with van der Waals surface area (Å²) in [6, 6.07) is 1.75. The van der Waals surface area contributed by atoms with Gasteiger partial charge in [-0.25, -0.2) is 0 Å². The van der Waals surface area contributed by atoms with Crippen molar-refractivity contribution in [1.29, 1.82) is 0 Å². The number of nitrogens with one attached hydrogen (secondary N) is 1. The van der Waals surface area contributed by atoms with Crippen molar-refractivity contribution >= 4 is 5.78 Å². The topological polar surface area (TPSA) is 53.2 Å². The number of fused-ring (bicyclic) bond motifs is 1. The van der Waals surface area contributed by atoms with Crippen molar-refractivity contribution in [3.05, 3.63) is 33.2 Å². The van der Waals surface area contributed by atoms with Gasteiger partial charge in [0.25, 0.3) is 5.56 Å². The van der Waals surface area contributed by atoms with Crippen molar-refractivity contribution in [3.63, 3.8) is 0 Å². The second-order valence-corrected chi connectivity index (χ2v) is 4.19. The van der Waals surface area contributed by atoms with Gasteiger partial charge in [0.2, 0.25) is 0 Å². The number of aromatic amines is 1. The fourth-order valence-electron chi connectivity index (χ4n) is 2.10. The number of H-pyrrole nitrogens is 1. The van der Waals surface area contributed by atoms with Crippen LogP contribution in [-0.4, -0.2) is 28.8 Å². The van der Waals surface area contributed by atoms with Crippen molar-refractivity contribution in [2.24, 2.45) is 0 Å². The van der Waals surface area contributed by atoms with Crippen molar-refractivity contribution < 1.29 is 4.79 Å². The molecule has 0 aliphatic carbocycles. The Labute approximate surface area is 94.3 Å². The average Bonchev–Trinajstić information content (AvgIpc) is 2.27. The molecule has 4 nitrogen and oxygen atoms in total. The molecule has 0 radical (unpaired) electrons. The lowest BCUT2D eigenvalue weighted by Crippen LogP contribution is -2.33. The first-order chi connectivity index (χ1) is 7.61. The van der Waals surface area contributed by atoms with Gasteiger partial charge in [-0.05, 0) is 25.1 Å². The van der Waals surface area contributed by atoms with Crippen molar-refractivity contribution in [1.82, 2.24) is 9.88 Å². The molecule has 0 bridgehead atoms. The standard InChI is InChI=1S/C12H16N2O2/c1-3-14-5-4-11-9(7-14)6-10(8(2)15)12(16)13-11/h6H,3-5,7H2,1-2H3,(H,13,16). The number of likely N-dealkylation sites (N-methyl/N-ethyl adjacent to an activating group) is 1. The number of hydrogen-bond donors (Lipinski definition) is 1. The minimum Gasteiger partial charge on any atom is -0.325 e. The van der Waals surface area contributed by atoms with Gasteiger partial charge in [-0.15, -0.1) is 0 Å². The summed E-state index contributed by atoms with van der Waals surface area (Å²) in [6.45, 7) is 6.33. The molecule has 0 atom stereocenters. The molecule has 16 heavy (non-hydrogen) atoms. The number of aromatic nitrogens is 1. The molecule has 1 aliphatic heterocycles. The summed E-state index contributed by atoms with van der Waals surface area (Å²) in [7, 11) is 0. The van der Waals surface area contributed by atoms with E-state index in [0.717, 1.165) is 37.3 Å². The van der Waals surface area contributed by atoms with E-state index in [9.17, 15) is 9.59 Å². The summed E-state index contributed by atoms with van der Waals surface area (Å²) >= 11 is 0. The number of carbonyl (C=O) groups is 1. The molecule has 86 valence electrons. The van der Waals surface area contributed by atoms with Crippen LogP contribution >= 0.6 is 0 Å². The normalized spacial score (nSPS) is 15.9. The summed E-state index contributed by atoms with van der Waals surface area (Å²) in [6.07, 6.45) is 0.858. The molecule has 4 heteroatoms. The molecule has 0 saturated carbocycles. The molecular formula is C12H16N2O2. The van der Waals surface area contributed by atoms with E-state index in [0.29, 0.717) is 0 Å². The molecular weight excluding hydrogens is 204 g/mol. The first-order valence-corrected chi connectivity index (χ1v) is 5.60. The zero-order valence-electron chi connectivity index (χ0n) is 9.67. The highest BCUT2D eigenvalue weighted by molar-refractivity contribution is 5.93. The molecule has 0 fully saturated rings.